The molecule has 1 aliphatic heterocycles. The summed E-state index contributed by atoms with van der Waals surface area (Å²) in [7, 11) is -2.32. The van der Waals surface area contributed by atoms with Crippen LogP contribution in [-0.4, -0.2) is 43.9 Å². The topological polar surface area (TPSA) is 55.8 Å². The van der Waals surface area contributed by atoms with Crippen LogP contribution in [0.3, 0.4) is 0 Å². The van der Waals surface area contributed by atoms with E-state index in [0.717, 1.165) is 6.42 Å². The number of hydrogen-bond acceptors (Lipinski definition) is 4. The van der Waals surface area contributed by atoms with Gasteiger partial charge in [0, 0.05) is 12.3 Å². The van der Waals surface area contributed by atoms with Crippen molar-refractivity contribution >= 4 is 7.37 Å². The fourth-order valence-electron chi connectivity index (χ4n) is 1.62. The van der Waals surface area contributed by atoms with Crippen LogP contribution >= 0.6 is 7.37 Å². The van der Waals surface area contributed by atoms with Crippen molar-refractivity contribution in [2.45, 2.75) is 13.3 Å². The molecule has 14 heavy (non-hydrogen) atoms. The Labute approximate surface area is 85.1 Å². The van der Waals surface area contributed by atoms with Crippen molar-refractivity contribution < 1.29 is 18.9 Å². The maximum absolute atomic E-state index is 11.9. The van der Waals surface area contributed by atoms with Gasteiger partial charge in [-0.1, -0.05) is 6.92 Å². The summed E-state index contributed by atoms with van der Waals surface area (Å²) in [5.41, 5.74) is 0. The van der Waals surface area contributed by atoms with E-state index in [1.165, 1.54) is 0 Å². The van der Waals surface area contributed by atoms with E-state index < -0.39 is 7.37 Å². The van der Waals surface area contributed by atoms with Gasteiger partial charge in [0.05, 0.1) is 26.4 Å². The summed E-state index contributed by atoms with van der Waals surface area (Å²) in [4.78, 5) is 0. The smallest absolute Gasteiger partial charge is 0.203 e. The summed E-state index contributed by atoms with van der Waals surface area (Å²) < 4.78 is 22.3. The Balaban J connectivity index is 2.09. The Morgan fingerprint density at radius 1 is 1.43 bits per heavy atom. The van der Waals surface area contributed by atoms with Gasteiger partial charge in [0.25, 0.3) is 0 Å². The highest BCUT2D eigenvalue weighted by Gasteiger charge is 2.32. The summed E-state index contributed by atoms with van der Waals surface area (Å²) >= 11 is 0. The lowest BCUT2D eigenvalue weighted by Gasteiger charge is -2.12. The average Bonchev–Trinajstić information content (AvgIpc) is 2.47. The molecule has 2 atom stereocenters. The molecular formula is C9H19O4P. The largest absolute Gasteiger partial charge is 0.394 e. The molecule has 0 aromatic heterocycles. The van der Waals surface area contributed by atoms with Crippen LogP contribution in [0, 0.1) is 5.92 Å². The summed E-state index contributed by atoms with van der Waals surface area (Å²) in [5.74, 6) is 0.527. The molecule has 4 nitrogen and oxygen atoms in total. The predicted octanol–water partition coefficient (Wildman–Crippen LogP) is 1.33. The minimum atomic E-state index is -2.32. The molecule has 0 aromatic carbocycles. The number of aliphatic hydroxyl groups is 1. The molecule has 5 heteroatoms. The molecule has 1 saturated heterocycles. The van der Waals surface area contributed by atoms with E-state index in [0.29, 0.717) is 38.1 Å². The first-order valence-electron chi connectivity index (χ1n) is 5.07. The highest BCUT2D eigenvalue weighted by molar-refractivity contribution is 7.59. The van der Waals surface area contributed by atoms with Crippen LogP contribution in [-0.2, 0) is 13.8 Å². The van der Waals surface area contributed by atoms with E-state index in [2.05, 4.69) is 6.92 Å². The molecule has 0 aromatic rings. The van der Waals surface area contributed by atoms with Crippen LogP contribution < -0.4 is 0 Å². The Kier molecular flexibility index (Phi) is 5.10. The molecule has 1 N–H and O–H groups in total. The average molecular weight is 222 g/mol. The van der Waals surface area contributed by atoms with Crippen LogP contribution in [0.25, 0.3) is 0 Å². The molecule has 1 heterocycles. The van der Waals surface area contributed by atoms with Crippen molar-refractivity contribution in [3.05, 3.63) is 0 Å². The zero-order valence-electron chi connectivity index (χ0n) is 8.65. The van der Waals surface area contributed by atoms with Crippen molar-refractivity contribution in [2.24, 2.45) is 5.92 Å². The molecular weight excluding hydrogens is 203 g/mol. The number of hydrogen-bond donors (Lipinski definition) is 1. The van der Waals surface area contributed by atoms with Gasteiger partial charge >= 0.3 is 0 Å². The minimum Gasteiger partial charge on any atom is -0.394 e. The van der Waals surface area contributed by atoms with Crippen LogP contribution in [0.1, 0.15) is 13.3 Å². The fraction of sp³-hybridized carbons (Fsp3) is 1.00. The van der Waals surface area contributed by atoms with Gasteiger partial charge in [0.2, 0.25) is 7.37 Å². The van der Waals surface area contributed by atoms with E-state index in [9.17, 15) is 4.57 Å². The van der Waals surface area contributed by atoms with Gasteiger partial charge in [-0.05, 0) is 12.3 Å². The maximum Gasteiger partial charge on any atom is 0.203 e. The molecule has 0 radical (unpaired) electrons. The van der Waals surface area contributed by atoms with E-state index >= 15 is 0 Å². The highest BCUT2D eigenvalue weighted by atomic mass is 31.2. The van der Waals surface area contributed by atoms with Crippen LogP contribution in [0.2, 0.25) is 0 Å². The first-order chi connectivity index (χ1) is 6.66. The van der Waals surface area contributed by atoms with E-state index in [-0.39, 0.29) is 6.61 Å². The van der Waals surface area contributed by atoms with Crippen LogP contribution in [0.4, 0.5) is 0 Å². The third-order valence-corrected chi connectivity index (χ3v) is 5.11. The van der Waals surface area contributed by atoms with E-state index in [1.807, 2.05) is 0 Å². The van der Waals surface area contributed by atoms with Gasteiger partial charge in [-0.25, -0.2) is 0 Å². The van der Waals surface area contributed by atoms with Crippen molar-refractivity contribution in [1.29, 1.82) is 0 Å². The van der Waals surface area contributed by atoms with Gasteiger partial charge < -0.3 is 14.4 Å². The summed E-state index contributed by atoms with van der Waals surface area (Å²) in [5, 5.41) is 8.44. The van der Waals surface area contributed by atoms with Gasteiger partial charge in [-0.3, -0.25) is 4.57 Å². The molecule has 0 amide bonds. The summed E-state index contributed by atoms with van der Waals surface area (Å²) in [6.07, 6.45) is 2.44. The van der Waals surface area contributed by atoms with Crippen LogP contribution in [0.15, 0.2) is 0 Å². The van der Waals surface area contributed by atoms with Gasteiger partial charge in [-0.15, -0.1) is 0 Å². The molecule has 0 saturated carbocycles. The first-order valence-corrected chi connectivity index (χ1v) is 7.07. The maximum atomic E-state index is 11.9. The molecule has 1 rings (SSSR count). The van der Waals surface area contributed by atoms with Crippen LogP contribution in [0.5, 0.6) is 0 Å². The number of rotatable bonds is 6. The third-order valence-electron chi connectivity index (χ3n) is 2.34. The second kappa shape index (κ2) is 5.86. The molecule has 84 valence electrons. The second-order valence-corrected chi connectivity index (χ2v) is 6.48. The lowest BCUT2D eigenvalue weighted by atomic mass is 10.2. The zero-order valence-corrected chi connectivity index (χ0v) is 9.54. The van der Waals surface area contributed by atoms with Gasteiger partial charge in [0.1, 0.15) is 0 Å². The normalized spacial score (nSPS) is 32.3. The summed E-state index contributed by atoms with van der Waals surface area (Å²) in [6.45, 7) is 3.24. The molecule has 1 fully saturated rings. The highest BCUT2D eigenvalue weighted by Crippen LogP contribution is 2.54. The SMILES string of the molecule is CC1CCP(=O)(OCCOCCO)C1. The Morgan fingerprint density at radius 3 is 2.79 bits per heavy atom. The standard InChI is InChI=1S/C9H19O4P/c1-9-2-7-14(11,8-9)13-6-5-12-4-3-10/h9-10H,2-8H2,1H3. The van der Waals surface area contributed by atoms with Crippen molar-refractivity contribution in [2.75, 3.05) is 38.8 Å². The van der Waals surface area contributed by atoms with Crippen molar-refractivity contribution in [3.63, 3.8) is 0 Å². The first kappa shape index (κ1) is 12.2. The molecule has 0 bridgehead atoms. The molecule has 1 aliphatic rings. The summed E-state index contributed by atoms with van der Waals surface area (Å²) in [6, 6.07) is 0. The minimum absolute atomic E-state index is 0.0225. The Hall–Kier alpha value is 0.110. The number of ether oxygens (including phenoxy) is 1. The van der Waals surface area contributed by atoms with Crippen molar-refractivity contribution in [3.8, 4) is 0 Å². The van der Waals surface area contributed by atoms with Crippen molar-refractivity contribution in [1.82, 2.24) is 0 Å². The molecule has 0 aliphatic carbocycles. The third kappa shape index (κ3) is 4.09. The second-order valence-electron chi connectivity index (χ2n) is 3.78. The lowest BCUT2D eigenvalue weighted by Crippen LogP contribution is -2.07. The van der Waals surface area contributed by atoms with Gasteiger partial charge in [-0.2, -0.15) is 0 Å². The Morgan fingerprint density at radius 2 is 2.21 bits per heavy atom. The van der Waals surface area contributed by atoms with Gasteiger partial charge in [0.15, 0.2) is 0 Å². The number of aliphatic hydroxyl groups excluding tert-OH is 1. The lowest BCUT2D eigenvalue weighted by molar-refractivity contribution is 0.0713. The predicted molar refractivity (Wildman–Crippen MR) is 55.0 cm³/mol. The monoisotopic (exact) mass is 222 g/mol. The van der Waals surface area contributed by atoms with E-state index in [1.54, 1.807) is 0 Å². The van der Waals surface area contributed by atoms with E-state index in [4.69, 9.17) is 14.4 Å². The quantitative estimate of drug-likeness (QED) is 0.544. The molecule has 2 unspecified atom stereocenters. The fourth-order valence-corrected chi connectivity index (χ4v) is 4.41. The zero-order chi connectivity index (χ0) is 10.4. The molecule has 0 spiro atoms. The Bertz CT molecular complexity index is 207.